The van der Waals surface area contributed by atoms with Crippen LogP contribution in [-0.4, -0.2) is 19.7 Å². The van der Waals surface area contributed by atoms with Gasteiger partial charge in [-0.2, -0.15) is 9.78 Å². The number of H-pyrrole nitrogens is 1. The summed E-state index contributed by atoms with van der Waals surface area (Å²) in [5.74, 6) is 1.41. The molecule has 0 unspecified atom stereocenters. The zero-order chi connectivity index (χ0) is 12.9. The molecular formula is C12H15N5O. The average Bonchev–Trinajstić information content (AvgIpc) is 3.09. The summed E-state index contributed by atoms with van der Waals surface area (Å²) in [7, 11) is 0. The number of rotatable bonds is 2. The molecule has 1 aliphatic rings. The molecule has 0 amide bonds. The van der Waals surface area contributed by atoms with Crippen LogP contribution in [0.15, 0.2) is 10.9 Å². The van der Waals surface area contributed by atoms with Gasteiger partial charge in [0.15, 0.2) is 0 Å². The Morgan fingerprint density at radius 1 is 1.44 bits per heavy atom. The number of anilines is 1. The van der Waals surface area contributed by atoms with Crippen LogP contribution in [0.25, 0.3) is 5.95 Å². The summed E-state index contributed by atoms with van der Waals surface area (Å²) >= 11 is 0. The van der Waals surface area contributed by atoms with E-state index in [2.05, 4.69) is 15.1 Å². The highest BCUT2D eigenvalue weighted by atomic mass is 16.1. The monoisotopic (exact) mass is 245 g/mol. The van der Waals surface area contributed by atoms with Gasteiger partial charge in [0.1, 0.15) is 5.82 Å². The lowest BCUT2D eigenvalue weighted by atomic mass is 10.3. The summed E-state index contributed by atoms with van der Waals surface area (Å²) in [5, 5.41) is 4.41. The number of hydrogen-bond donors (Lipinski definition) is 2. The topological polar surface area (TPSA) is 89.6 Å². The summed E-state index contributed by atoms with van der Waals surface area (Å²) < 4.78 is 1.50. The normalized spacial score (nSPS) is 15.0. The van der Waals surface area contributed by atoms with E-state index in [-0.39, 0.29) is 5.56 Å². The smallest absolute Gasteiger partial charge is 0.255 e. The van der Waals surface area contributed by atoms with Crippen LogP contribution in [0, 0.1) is 13.8 Å². The Labute approximate surface area is 104 Å². The predicted octanol–water partition coefficient (Wildman–Crippen LogP) is 1.03. The van der Waals surface area contributed by atoms with Crippen molar-refractivity contribution in [2.75, 3.05) is 5.73 Å². The number of nitrogens with two attached hydrogens (primary N) is 1. The SMILES string of the molecule is Cc1nc(-n2nc(C3CC3)cc2N)[nH]c(=O)c1C. The highest BCUT2D eigenvalue weighted by Gasteiger charge is 2.27. The van der Waals surface area contributed by atoms with Gasteiger partial charge in [-0.3, -0.25) is 9.78 Å². The molecule has 6 nitrogen and oxygen atoms in total. The molecule has 2 heterocycles. The van der Waals surface area contributed by atoms with E-state index in [0.717, 1.165) is 18.5 Å². The molecular weight excluding hydrogens is 230 g/mol. The molecule has 0 atom stereocenters. The maximum absolute atomic E-state index is 11.7. The van der Waals surface area contributed by atoms with Crippen LogP contribution in [0.1, 0.15) is 35.7 Å². The van der Waals surface area contributed by atoms with Crippen LogP contribution < -0.4 is 11.3 Å². The molecule has 3 N–H and O–H groups in total. The number of nitrogens with zero attached hydrogens (tertiary/aromatic N) is 3. The summed E-state index contributed by atoms with van der Waals surface area (Å²) in [6.07, 6.45) is 2.32. The molecule has 0 spiro atoms. The molecule has 0 aromatic carbocycles. The van der Waals surface area contributed by atoms with Crippen molar-refractivity contribution in [3.63, 3.8) is 0 Å². The highest BCUT2D eigenvalue weighted by Crippen LogP contribution is 2.39. The molecule has 18 heavy (non-hydrogen) atoms. The van der Waals surface area contributed by atoms with Crippen molar-refractivity contribution in [1.29, 1.82) is 0 Å². The molecule has 0 saturated heterocycles. The van der Waals surface area contributed by atoms with Gasteiger partial charge in [-0.1, -0.05) is 0 Å². The van der Waals surface area contributed by atoms with Gasteiger partial charge in [0.25, 0.3) is 5.56 Å². The van der Waals surface area contributed by atoms with E-state index in [4.69, 9.17) is 5.73 Å². The molecule has 6 heteroatoms. The van der Waals surface area contributed by atoms with Crippen LogP contribution in [0.4, 0.5) is 5.82 Å². The van der Waals surface area contributed by atoms with Gasteiger partial charge in [0, 0.05) is 23.2 Å². The predicted molar refractivity (Wildman–Crippen MR) is 67.8 cm³/mol. The Kier molecular flexibility index (Phi) is 2.26. The zero-order valence-corrected chi connectivity index (χ0v) is 10.4. The molecule has 0 aliphatic heterocycles. The van der Waals surface area contributed by atoms with Crippen molar-refractivity contribution < 1.29 is 0 Å². The maximum atomic E-state index is 11.7. The fraction of sp³-hybridized carbons (Fsp3) is 0.417. The van der Waals surface area contributed by atoms with Gasteiger partial charge in [0.2, 0.25) is 5.95 Å². The van der Waals surface area contributed by atoms with Crippen molar-refractivity contribution >= 4 is 5.82 Å². The van der Waals surface area contributed by atoms with E-state index >= 15 is 0 Å². The molecule has 2 aromatic rings. The number of aryl methyl sites for hydroxylation is 1. The van der Waals surface area contributed by atoms with Gasteiger partial charge >= 0.3 is 0 Å². The molecule has 0 bridgehead atoms. The van der Waals surface area contributed by atoms with Crippen molar-refractivity contribution in [1.82, 2.24) is 19.7 Å². The number of aromatic nitrogens is 4. The Bertz CT molecular complexity index is 666. The van der Waals surface area contributed by atoms with E-state index in [1.807, 2.05) is 6.07 Å². The summed E-state index contributed by atoms with van der Waals surface area (Å²) in [4.78, 5) is 18.7. The lowest BCUT2D eigenvalue weighted by Crippen LogP contribution is -2.18. The van der Waals surface area contributed by atoms with Gasteiger partial charge in [0.05, 0.1) is 5.69 Å². The van der Waals surface area contributed by atoms with E-state index < -0.39 is 0 Å². The summed E-state index contributed by atoms with van der Waals surface area (Å²) in [6.45, 7) is 3.54. The van der Waals surface area contributed by atoms with Crippen molar-refractivity contribution in [2.24, 2.45) is 0 Å². The van der Waals surface area contributed by atoms with Gasteiger partial charge in [-0.15, -0.1) is 0 Å². The minimum atomic E-state index is -0.152. The second-order valence-corrected chi connectivity index (χ2v) is 4.78. The average molecular weight is 245 g/mol. The van der Waals surface area contributed by atoms with Crippen molar-refractivity contribution in [3.05, 3.63) is 33.4 Å². The molecule has 3 rings (SSSR count). The molecule has 94 valence electrons. The second kappa shape index (κ2) is 3.69. The van der Waals surface area contributed by atoms with E-state index in [9.17, 15) is 4.79 Å². The standard InChI is InChI=1S/C12H15N5O/c1-6-7(2)14-12(15-11(6)18)17-10(13)5-9(16-17)8-3-4-8/h5,8H,3-4,13H2,1-2H3,(H,14,15,18). The maximum Gasteiger partial charge on any atom is 0.255 e. The van der Waals surface area contributed by atoms with Crippen LogP contribution in [-0.2, 0) is 0 Å². The Balaban J connectivity index is 2.11. The molecule has 0 radical (unpaired) electrons. The fourth-order valence-electron chi connectivity index (χ4n) is 1.89. The van der Waals surface area contributed by atoms with Crippen LogP contribution in [0.3, 0.4) is 0 Å². The summed E-state index contributed by atoms with van der Waals surface area (Å²) in [5.41, 5.74) is 8.05. The van der Waals surface area contributed by atoms with Gasteiger partial charge in [-0.05, 0) is 26.7 Å². The first kappa shape index (κ1) is 11.0. The first-order chi connectivity index (χ1) is 8.56. The lowest BCUT2D eigenvalue weighted by molar-refractivity contribution is 0.775. The fourth-order valence-corrected chi connectivity index (χ4v) is 1.89. The highest BCUT2D eigenvalue weighted by molar-refractivity contribution is 5.39. The zero-order valence-electron chi connectivity index (χ0n) is 10.4. The van der Waals surface area contributed by atoms with E-state index in [1.54, 1.807) is 13.8 Å². The first-order valence-corrected chi connectivity index (χ1v) is 5.99. The minimum Gasteiger partial charge on any atom is -0.383 e. The molecule has 1 saturated carbocycles. The number of aromatic amines is 1. The van der Waals surface area contributed by atoms with Crippen molar-refractivity contribution in [3.8, 4) is 5.95 Å². The molecule has 1 fully saturated rings. The summed E-state index contributed by atoms with van der Waals surface area (Å²) in [6, 6.07) is 1.85. The number of nitrogens with one attached hydrogen (secondary N) is 1. The second-order valence-electron chi connectivity index (χ2n) is 4.78. The number of nitrogen functional groups attached to an aromatic ring is 1. The van der Waals surface area contributed by atoms with E-state index in [1.165, 1.54) is 4.68 Å². The van der Waals surface area contributed by atoms with Gasteiger partial charge in [-0.25, -0.2) is 4.98 Å². The van der Waals surface area contributed by atoms with Gasteiger partial charge < -0.3 is 5.73 Å². The number of hydrogen-bond acceptors (Lipinski definition) is 4. The minimum absolute atomic E-state index is 0.152. The van der Waals surface area contributed by atoms with Crippen LogP contribution in [0.2, 0.25) is 0 Å². The Morgan fingerprint density at radius 2 is 2.17 bits per heavy atom. The third-order valence-corrected chi connectivity index (χ3v) is 3.33. The quantitative estimate of drug-likeness (QED) is 0.827. The van der Waals surface area contributed by atoms with Crippen molar-refractivity contribution in [2.45, 2.75) is 32.6 Å². The third kappa shape index (κ3) is 1.70. The largest absolute Gasteiger partial charge is 0.383 e. The van der Waals surface area contributed by atoms with Crippen LogP contribution >= 0.6 is 0 Å². The molecule has 2 aromatic heterocycles. The Morgan fingerprint density at radius 3 is 2.78 bits per heavy atom. The third-order valence-electron chi connectivity index (χ3n) is 3.33. The van der Waals surface area contributed by atoms with Crippen LogP contribution in [0.5, 0.6) is 0 Å². The molecule has 1 aliphatic carbocycles. The first-order valence-electron chi connectivity index (χ1n) is 5.99. The lowest BCUT2D eigenvalue weighted by Gasteiger charge is -2.05. The van der Waals surface area contributed by atoms with E-state index in [0.29, 0.717) is 28.9 Å². The Hall–Kier alpha value is -2.11.